The molecule has 0 heterocycles. The van der Waals surface area contributed by atoms with Crippen molar-refractivity contribution in [3.8, 4) is 5.75 Å². The number of halogens is 1. The van der Waals surface area contributed by atoms with Crippen molar-refractivity contribution in [3.05, 3.63) is 28.8 Å². The lowest BCUT2D eigenvalue weighted by atomic mass is 10.2. The molecule has 0 atom stereocenters. The van der Waals surface area contributed by atoms with Crippen LogP contribution in [-0.2, 0) is 4.79 Å². The van der Waals surface area contributed by atoms with E-state index < -0.39 is 0 Å². The summed E-state index contributed by atoms with van der Waals surface area (Å²) in [5, 5.41) is 3.04. The maximum atomic E-state index is 11.1. The molecular formula is C11H12ClNO3. The predicted molar refractivity (Wildman–Crippen MR) is 61.0 cm³/mol. The van der Waals surface area contributed by atoms with Crippen molar-refractivity contribution in [3.63, 3.8) is 0 Å². The molecular weight excluding hydrogens is 230 g/mol. The maximum Gasteiger partial charge on any atom is 0.257 e. The van der Waals surface area contributed by atoms with Crippen molar-refractivity contribution in [1.82, 2.24) is 5.32 Å². The summed E-state index contributed by atoms with van der Waals surface area (Å²) in [7, 11) is 0. The third kappa shape index (κ3) is 3.55. The van der Waals surface area contributed by atoms with Crippen LogP contribution in [0.25, 0.3) is 0 Å². The lowest BCUT2D eigenvalue weighted by Crippen LogP contribution is -2.28. The molecule has 1 aromatic rings. The van der Waals surface area contributed by atoms with Gasteiger partial charge in [0.25, 0.3) is 5.91 Å². The van der Waals surface area contributed by atoms with E-state index in [9.17, 15) is 9.59 Å². The summed E-state index contributed by atoms with van der Waals surface area (Å²) in [5.74, 6) is 0.125. The van der Waals surface area contributed by atoms with Gasteiger partial charge in [0.1, 0.15) is 5.75 Å². The molecule has 0 aromatic heterocycles. The van der Waals surface area contributed by atoms with Gasteiger partial charge in [-0.25, -0.2) is 0 Å². The van der Waals surface area contributed by atoms with Crippen LogP contribution in [0.5, 0.6) is 5.75 Å². The zero-order valence-corrected chi connectivity index (χ0v) is 9.58. The first-order chi connectivity index (χ1) is 7.67. The Balaban J connectivity index is 2.66. The highest BCUT2D eigenvalue weighted by molar-refractivity contribution is 6.30. The minimum atomic E-state index is -0.228. The van der Waals surface area contributed by atoms with Crippen LogP contribution in [0.15, 0.2) is 18.2 Å². The summed E-state index contributed by atoms with van der Waals surface area (Å²) >= 11 is 5.71. The molecule has 1 N–H and O–H groups in total. The lowest BCUT2D eigenvalue weighted by Gasteiger charge is -2.08. The molecule has 0 unspecified atom stereocenters. The largest absolute Gasteiger partial charge is 0.483 e. The van der Waals surface area contributed by atoms with Crippen molar-refractivity contribution < 1.29 is 14.3 Å². The molecule has 1 amide bonds. The minimum Gasteiger partial charge on any atom is -0.483 e. The second-order valence-corrected chi connectivity index (χ2v) is 3.48. The van der Waals surface area contributed by atoms with Crippen LogP contribution < -0.4 is 10.1 Å². The number of carbonyl (C=O) groups excluding carboxylic acids is 2. The number of nitrogens with one attached hydrogen (secondary N) is 1. The average Bonchev–Trinajstić information content (AvgIpc) is 2.27. The van der Waals surface area contributed by atoms with E-state index in [0.29, 0.717) is 29.2 Å². The third-order valence-corrected chi connectivity index (χ3v) is 2.07. The van der Waals surface area contributed by atoms with Gasteiger partial charge >= 0.3 is 0 Å². The number of ether oxygens (including phenoxy) is 1. The number of hydrogen-bond donors (Lipinski definition) is 1. The molecule has 0 bridgehead atoms. The van der Waals surface area contributed by atoms with E-state index in [0.717, 1.165) is 0 Å². The molecule has 1 rings (SSSR count). The molecule has 0 saturated heterocycles. The third-order valence-electron chi connectivity index (χ3n) is 1.83. The normalized spacial score (nSPS) is 9.62. The number of rotatable bonds is 5. The topological polar surface area (TPSA) is 55.4 Å². The van der Waals surface area contributed by atoms with E-state index in [-0.39, 0.29) is 12.5 Å². The Kier molecular flexibility index (Phi) is 4.79. The molecule has 1 aromatic carbocycles. The van der Waals surface area contributed by atoms with Gasteiger partial charge in [0, 0.05) is 11.6 Å². The van der Waals surface area contributed by atoms with Gasteiger partial charge in [-0.15, -0.1) is 0 Å². The highest BCUT2D eigenvalue weighted by atomic mass is 35.5. The number of likely N-dealkylation sites (N-methyl/N-ethyl adjacent to an activating group) is 1. The van der Waals surface area contributed by atoms with Crippen molar-refractivity contribution in [2.45, 2.75) is 6.92 Å². The van der Waals surface area contributed by atoms with Crippen molar-refractivity contribution in [2.75, 3.05) is 13.2 Å². The Labute approximate surface area is 98.5 Å². The molecule has 5 heteroatoms. The number of hydrogen-bond acceptors (Lipinski definition) is 3. The number of benzene rings is 1. The molecule has 0 saturated carbocycles. The fourth-order valence-corrected chi connectivity index (χ4v) is 1.31. The molecule has 0 spiro atoms. The van der Waals surface area contributed by atoms with Gasteiger partial charge in [-0.05, 0) is 25.1 Å². The standard InChI is InChI=1S/C11H12ClNO3/c1-2-13-11(15)7-16-10-4-3-9(12)5-8(10)6-14/h3-6H,2,7H2,1H3,(H,13,15). The first-order valence-corrected chi connectivity index (χ1v) is 5.19. The smallest absolute Gasteiger partial charge is 0.257 e. The van der Waals surface area contributed by atoms with Crippen LogP contribution >= 0.6 is 11.6 Å². The summed E-state index contributed by atoms with van der Waals surface area (Å²) in [6.07, 6.45) is 0.638. The lowest BCUT2D eigenvalue weighted by molar-refractivity contribution is -0.122. The molecule has 0 aliphatic carbocycles. The van der Waals surface area contributed by atoms with Gasteiger partial charge in [0.05, 0.1) is 5.56 Å². The van der Waals surface area contributed by atoms with Crippen LogP contribution in [0.2, 0.25) is 5.02 Å². The van der Waals surface area contributed by atoms with Crippen LogP contribution in [0.1, 0.15) is 17.3 Å². The summed E-state index contributed by atoms with van der Waals surface area (Å²) in [6.45, 7) is 2.25. The van der Waals surface area contributed by atoms with E-state index in [1.54, 1.807) is 12.1 Å². The average molecular weight is 242 g/mol. The van der Waals surface area contributed by atoms with Gasteiger partial charge in [0.15, 0.2) is 12.9 Å². The number of aldehydes is 1. The van der Waals surface area contributed by atoms with Gasteiger partial charge in [-0.3, -0.25) is 9.59 Å². The van der Waals surface area contributed by atoms with E-state index in [1.807, 2.05) is 6.92 Å². The molecule has 16 heavy (non-hydrogen) atoms. The van der Waals surface area contributed by atoms with Gasteiger partial charge in [0.2, 0.25) is 0 Å². The summed E-state index contributed by atoms with van der Waals surface area (Å²) in [4.78, 5) is 21.8. The molecule has 4 nitrogen and oxygen atoms in total. The SMILES string of the molecule is CCNC(=O)COc1ccc(Cl)cc1C=O. The van der Waals surface area contributed by atoms with Gasteiger partial charge in [-0.1, -0.05) is 11.6 Å². The second-order valence-electron chi connectivity index (χ2n) is 3.04. The van der Waals surface area contributed by atoms with E-state index >= 15 is 0 Å². The maximum absolute atomic E-state index is 11.1. The highest BCUT2D eigenvalue weighted by Gasteiger charge is 2.06. The van der Waals surface area contributed by atoms with Crippen molar-refractivity contribution in [2.24, 2.45) is 0 Å². The fraction of sp³-hybridized carbons (Fsp3) is 0.273. The molecule has 0 fully saturated rings. The van der Waals surface area contributed by atoms with E-state index in [4.69, 9.17) is 16.3 Å². The first-order valence-electron chi connectivity index (χ1n) is 4.81. The predicted octanol–water partition coefficient (Wildman–Crippen LogP) is 1.67. The van der Waals surface area contributed by atoms with Gasteiger partial charge < -0.3 is 10.1 Å². The fourth-order valence-electron chi connectivity index (χ4n) is 1.13. The van der Waals surface area contributed by atoms with Crippen LogP contribution in [-0.4, -0.2) is 25.3 Å². The Morgan fingerprint density at radius 1 is 1.56 bits per heavy atom. The number of amides is 1. The number of carbonyl (C=O) groups is 2. The molecule has 86 valence electrons. The Morgan fingerprint density at radius 2 is 2.31 bits per heavy atom. The summed E-state index contributed by atoms with van der Waals surface area (Å²) in [6, 6.07) is 4.65. The van der Waals surface area contributed by atoms with E-state index in [2.05, 4.69) is 5.32 Å². The molecule has 0 radical (unpaired) electrons. The van der Waals surface area contributed by atoms with Crippen LogP contribution in [0, 0.1) is 0 Å². The van der Waals surface area contributed by atoms with Crippen LogP contribution in [0.4, 0.5) is 0 Å². The molecule has 0 aliphatic rings. The Hall–Kier alpha value is -1.55. The highest BCUT2D eigenvalue weighted by Crippen LogP contribution is 2.21. The zero-order chi connectivity index (χ0) is 12.0. The summed E-state index contributed by atoms with van der Waals surface area (Å²) in [5.41, 5.74) is 0.330. The second kappa shape index (κ2) is 6.12. The minimum absolute atomic E-state index is 0.115. The molecule has 0 aliphatic heterocycles. The Bertz CT molecular complexity index is 393. The quantitative estimate of drug-likeness (QED) is 0.798. The van der Waals surface area contributed by atoms with Crippen LogP contribution in [0.3, 0.4) is 0 Å². The van der Waals surface area contributed by atoms with E-state index in [1.165, 1.54) is 6.07 Å². The Morgan fingerprint density at radius 3 is 2.94 bits per heavy atom. The summed E-state index contributed by atoms with van der Waals surface area (Å²) < 4.78 is 5.20. The van der Waals surface area contributed by atoms with Gasteiger partial charge in [-0.2, -0.15) is 0 Å². The van der Waals surface area contributed by atoms with Crippen molar-refractivity contribution >= 4 is 23.8 Å². The first kappa shape index (κ1) is 12.5. The monoisotopic (exact) mass is 241 g/mol. The van der Waals surface area contributed by atoms with Crippen molar-refractivity contribution in [1.29, 1.82) is 0 Å². The zero-order valence-electron chi connectivity index (χ0n) is 8.83.